The lowest BCUT2D eigenvalue weighted by Crippen LogP contribution is -2.65. The van der Waals surface area contributed by atoms with E-state index in [-0.39, 0.29) is 54.5 Å². The number of non-ortho nitro benzene ring substituents is 1. The first-order valence-corrected chi connectivity index (χ1v) is 20.2. The molecule has 0 saturated carbocycles. The van der Waals surface area contributed by atoms with Crippen LogP contribution in [0.2, 0.25) is 18.1 Å². The van der Waals surface area contributed by atoms with E-state index in [1.54, 1.807) is 28.4 Å². The van der Waals surface area contributed by atoms with Crippen LogP contribution in [0.3, 0.4) is 0 Å². The number of nitrogens with zero attached hydrogens (tertiary/aromatic N) is 3. The molecular formula is C33H41N3O7S2Si. The number of carbonyl (C=O) groups is 2. The number of nitro groups is 1. The van der Waals surface area contributed by atoms with Crippen LogP contribution in [-0.2, 0) is 31.8 Å². The number of aliphatic hydroxyl groups excluding tert-OH is 1. The molecule has 246 valence electrons. The molecule has 0 radical (unpaired) electrons. The molecule has 2 aliphatic rings. The van der Waals surface area contributed by atoms with Crippen molar-refractivity contribution in [2.45, 2.75) is 82.3 Å². The highest BCUT2D eigenvalue weighted by atomic mass is 32.2. The number of benzene rings is 2. The number of thiazole rings is 1. The standard InChI is InChI=1S/C33H41N3O7S2Si/c1-6-46(7-2,8-3)43-21(5)28-29-20(4)25(19-44-33-34-26-17-22(15-16-37)11-14-27(26)45-33)30(35(29)31(28)38)32(39)42-18-23-9-12-24(13-10-23)36(40)41/h9-14,17,20-21,28-29,37H,6-8,15-16,18-19H2,1-5H3/t20-,21+,28+,29+/m0/s1. The zero-order chi connectivity index (χ0) is 33.2. The van der Waals surface area contributed by atoms with Gasteiger partial charge in [-0.05, 0) is 72.4 Å². The van der Waals surface area contributed by atoms with Crippen LogP contribution in [0.15, 0.2) is 58.1 Å². The average Bonchev–Trinajstić information content (AvgIpc) is 3.57. The van der Waals surface area contributed by atoms with E-state index in [0.29, 0.717) is 17.7 Å². The summed E-state index contributed by atoms with van der Waals surface area (Å²) in [5.41, 5.74) is 3.60. The molecule has 1 amide bonds. The molecule has 3 aromatic rings. The zero-order valence-electron chi connectivity index (χ0n) is 26.9. The Bertz CT molecular complexity index is 1630. The van der Waals surface area contributed by atoms with Crippen LogP contribution in [-0.4, -0.2) is 64.6 Å². The number of aromatic nitrogens is 1. The molecular weight excluding hydrogens is 643 g/mol. The fourth-order valence-electron chi connectivity index (χ4n) is 6.65. The molecule has 4 atom stereocenters. The first-order valence-electron chi connectivity index (χ1n) is 15.8. The number of thioether (sulfide) groups is 1. The second kappa shape index (κ2) is 14.3. The lowest BCUT2D eigenvalue weighted by Gasteiger charge is -2.49. The van der Waals surface area contributed by atoms with Crippen molar-refractivity contribution in [2.24, 2.45) is 11.8 Å². The Labute approximate surface area is 278 Å². The minimum absolute atomic E-state index is 0.0427. The Morgan fingerprint density at radius 1 is 1.15 bits per heavy atom. The first-order chi connectivity index (χ1) is 22.1. The zero-order valence-corrected chi connectivity index (χ0v) is 29.5. The van der Waals surface area contributed by atoms with Gasteiger partial charge in [0.05, 0.1) is 33.2 Å². The number of esters is 1. The fourth-order valence-corrected chi connectivity index (χ4v) is 11.8. The van der Waals surface area contributed by atoms with E-state index < -0.39 is 19.2 Å². The van der Waals surface area contributed by atoms with Crippen molar-refractivity contribution < 1.29 is 28.8 Å². The molecule has 1 N–H and O–H groups in total. The number of ether oxygens (including phenoxy) is 1. The van der Waals surface area contributed by atoms with Crippen molar-refractivity contribution in [3.63, 3.8) is 0 Å². The number of fused-ring (bicyclic) bond motifs is 2. The summed E-state index contributed by atoms with van der Waals surface area (Å²) in [4.78, 5) is 44.5. The number of aliphatic hydroxyl groups is 1. The predicted octanol–water partition coefficient (Wildman–Crippen LogP) is 6.72. The molecule has 0 bridgehead atoms. The van der Waals surface area contributed by atoms with Crippen molar-refractivity contribution in [3.8, 4) is 0 Å². The van der Waals surface area contributed by atoms with Crippen molar-refractivity contribution in [2.75, 3.05) is 12.4 Å². The van der Waals surface area contributed by atoms with Crippen LogP contribution >= 0.6 is 23.1 Å². The van der Waals surface area contributed by atoms with E-state index in [0.717, 1.165) is 43.8 Å². The highest BCUT2D eigenvalue weighted by Gasteiger charge is 2.60. The number of nitro benzene ring substituents is 1. The van der Waals surface area contributed by atoms with Crippen LogP contribution in [0.5, 0.6) is 0 Å². The van der Waals surface area contributed by atoms with E-state index in [2.05, 4.69) is 27.7 Å². The van der Waals surface area contributed by atoms with Crippen LogP contribution in [0.4, 0.5) is 5.69 Å². The summed E-state index contributed by atoms with van der Waals surface area (Å²) < 4.78 is 14.4. The minimum Gasteiger partial charge on any atom is -0.456 e. The molecule has 10 nitrogen and oxygen atoms in total. The van der Waals surface area contributed by atoms with Gasteiger partial charge in [-0.2, -0.15) is 0 Å². The third-order valence-electron chi connectivity index (χ3n) is 9.56. The Hall–Kier alpha value is -3.10. The van der Waals surface area contributed by atoms with Gasteiger partial charge in [0, 0.05) is 30.4 Å². The largest absolute Gasteiger partial charge is 0.456 e. The molecule has 1 fully saturated rings. The molecule has 5 rings (SSSR count). The molecule has 13 heteroatoms. The van der Waals surface area contributed by atoms with E-state index in [1.807, 2.05) is 25.1 Å². The third kappa shape index (κ3) is 6.66. The Kier molecular flexibility index (Phi) is 10.7. The number of rotatable bonds is 15. The Morgan fingerprint density at radius 3 is 2.46 bits per heavy atom. The summed E-state index contributed by atoms with van der Waals surface area (Å²) in [6, 6.07) is 14.6. The molecule has 2 aromatic carbocycles. The molecule has 0 spiro atoms. The summed E-state index contributed by atoms with van der Waals surface area (Å²) in [5, 5.41) is 20.4. The van der Waals surface area contributed by atoms with E-state index in [9.17, 15) is 24.8 Å². The van der Waals surface area contributed by atoms with Crippen molar-refractivity contribution >= 4 is 59.2 Å². The second-order valence-electron chi connectivity index (χ2n) is 12.0. The van der Waals surface area contributed by atoms with Crippen LogP contribution in [0, 0.1) is 22.0 Å². The molecule has 3 heterocycles. The van der Waals surface area contributed by atoms with Crippen LogP contribution < -0.4 is 0 Å². The van der Waals surface area contributed by atoms with Crippen molar-refractivity contribution in [1.82, 2.24) is 9.88 Å². The summed E-state index contributed by atoms with van der Waals surface area (Å²) in [6.45, 7) is 10.6. The normalized spacial score (nSPS) is 20.2. The molecule has 46 heavy (non-hydrogen) atoms. The van der Waals surface area contributed by atoms with Crippen LogP contribution in [0.25, 0.3) is 10.2 Å². The number of carbonyl (C=O) groups excluding carboxylic acids is 2. The summed E-state index contributed by atoms with van der Waals surface area (Å²) >= 11 is 3.11. The summed E-state index contributed by atoms with van der Waals surface area (Å²) in [6.07, 6.45) is 0.308. The Morgan fingerprint density at radius 2 is 1.83 bits per heavy atom. The lowest BCUT2D eigenvalue weighted by molar-refractivity contribution is -0.384. The van der Waals surface area contributed by atoms with Gasteiger partial charge in [0.15, 0.2) is 12.7 Å². The molecule has 0 aliphatic carbocycles. The summed E-state index contributed by atoms with van der Waals surface area (Å²) in [5.74, 6) is -0.671. The quantitative estimate of drug-likeness (QED) is 0.0463. The van der Waals surface area contributed by atoms with Crippen LogP contribution in [0.1, 0.15) is 45.7 Å². The molecule has 1 saturated heterocycles. The van der Waals surface area contributed by atoms with Gasteiger partial charge in [0.1, 0.15) is 12.3 Å². The van der Waals surface area contributed by atoms with E-state index >= 15 is 0 Å². The lowest BCUT2D eigenvalue weighted by atomic mass is 9.78. The molecule has 2 aliphatic heterocycles. The molecule has 1 aromatic heterocycles. The topological polar surface area (TPSA) is 132 Å². The highest BCUT2D eigenvalue weighted by Crippen LogP contribution is 2.50. The molecule has 0 unspecified atom stereocenters. The van der Waals surface area contributed by atoms with Gasteiger partial charge in [0.25, 0.3) is 5.69 Å². The first kappa shape index (κ1) is 34.2. The smallest absolute Gasteiger partial charge is 0.355 e. The van der Waals surface area contributed by atoms with E-state index in [4.69, 9.17) is 14.1 Å². The monoisotopic (exact) mass is 683 g/mol. The number of amides is 1. The fraction of sp³-hybridized carbons (Fsp3) is 0.485. The van der Waals surface area contributed by atoms with Gasteiger partial charge in [0.2, 0.25) is 5.91 Å². The average molecular weight is 684 g/mol. The maximum atomic E-state index is 13.8. The van der Waals surface area contributed by atoms with Gasteiger partial charge in [-0.15, -0.1) is 11.3 Å². The number of hydrogen-bond acceptors (Lipinski definition) is 10. The third-order valence-corrected chi connectivity index (χ3v) is 16.5. The van der Waals surface area contributed by atoms with Gasteiger partial charge in [-0.1, -0.05) is 45.5 Å². The van der Waals surface area contributed by atoms with Gasteiger partial charge in [-0.3, -0.25) is 14.9 Å². The van der Waals surface area contributed by atoms with Gasteiger partial charge in [-0.25, -0.2) is 9.78 Å². The van der Waals surface area contributed by atoms with E-state index in [1.165, 1.54) is 23.9 Å². The Balaban J connectivity index is 1.39. The summed E-state index contributed by atoms with van der Waals surface area (Å²) in [7, 11) is -1.97. The SMILES string of the molecule is CC[Si](CC)(CC)O[C@H](C)[C@H]1C(=O)N2C(C(=O)OCc3ccc([N+](=O)[O-])cc3)=C(CSc3nc4cc(CCO)ccc4s3)[C@H](C)[C@H]12. The second-order valence-corrected chi connectivity index (χ2v) is 19.0. The van der Waals surface area contributed by atoms with Crippen molar-refractivity contribution in [1.29, 1.82) is 0 Å². The maximum absolute atomic E-state index is 13.8. The van der Waals surface area contributed by atoms with Gasteiger partial charge < -0.3 is 19.2 Å². The highest BCUT2D eigenvalue weighted by molar-refractivity contribution is 8.01. The predicted molar refractivity (Wildman–Crippen MR) is 182 cm³/mol. The number of hydrogen-bond donors (Lipinski definition) is 1. The minimum atomic E-state index is -1.97. The number of β-lactam (4-membered cyclic amide) rings is 1. The van der Waals surface area contributed by atoms with Gasteiger partial charge >= 0.3 is 5.97 Å². The maximum Gasteiger partial charge on any atom is 0.355 e. The van der Waals surface area contributed by atoms with Crippen molar-refractivity contribution in [3.05, 3.63) is 75.0 Å².